The normalized spacial score (nSPS) is 20.2. The van der Waals surface area contributed by atoms with Crippen molar-refractivity contribution < 1.29 is 0 Å². The molecule has 1 fully saturated rings. The van der Waals surface area contributed by atoms with Crippen molar-refractivity contribution in [2.24, 2.45) is 5.41 Å². The number of anilines is 1. The van der Waals surface area contributed by atoms with Crippen molar-refractivity contribution in [3.05, 3.63) is 63.8 Å². The number of para-hydroxylation sites is 1. The molecule has 0 amide bonds. The standard InChI is InChI=1S/C28H38N6O/c1-20-18-28(2,3)19-23-26(20)27(35)34(29)25(31-23)10-6-7-13-32-14-16-33(17-15-32)24-12-11-21-8-4-5-9-22(21)30-24/h4-5,8-9,11-12,20H,6-7,10,13-19,29H2,1-3H3. The number of benzene rings is 1. The topological polar surface area (TPSA) is 80.3 Å². The van der Waals surface area contributed by atoms with Crippen LogP contribution in [0, 0.1) is 5.41 Å². The molecule has 0 radical (unpaired) electrons. The number of pyridine rings is 1. The fraction of sp³-hybridized carbons (Fsp3) is 0.536. The van der Waals surface area contributed by atoms with E-state index in [9.17, 15) is 4.79 Å². The number of aryl methyl sites for hydroxylation is 1. The Kier molecular flexibility index (Phi) is 6.53. The third-order valence-electron chi connectivity index (χ3n) is 7.70. The molecule has 1 aliphatic heterocycles. The second kappa shape index (κ2) is 9.61. The van der Waals surface area contributed by atoms with Gasteiger partial charge in [-0.15, -0.1) is 0 Å². The predicted molar refractivity (Wildman–Crippen MR) is 142 cm³/mol. The van der Waals surface area contributed by atoms with Gasteiger partial charge in [0.25, 0.3) is 5.56 Å². The van der Waals surface area contributed by atoms with Crippen LogP contribution in [0.4, 0.5) is 5.82 Å². The van der Waals surface area contributed by atoms with Gasteiger partial charge >= 0.3 is 0 Å². The molecular formula is C28H38N6O. The Morgan fingerprint density at radius 2 is 1.80 bits per heavy atom. The van der Waals surface area contributed by atoms with E-state index < -0.39 is 0 Å². The number of piperazine rings is 1. The van der Waals surface area contributed by atoms with Gasteiger partial charge in [-0.2, -0.15) is 0 Å². The molecule has 35 heavy (non-hydrogen) atoms. The molecule has 1 aliphatic carbocycles. The smallest absolute Gasteiger partial charge is 0.275 e. The minimum Gasteiger partial charge on any atom is -0.354 e. The highest BCUT2D eigenvalue weighted by molar-refractivity contribution is 5.80. The molecular weight excluding hydrogens is 436 g/mol. The number of nitrogens with two attached hydrogens (primary N) is 1. The van der Waals surface area contributed by atoms with Gasteiger partial charge in [-0.1, -0.05) is 39.0 Å². The maximum absolute atomic E-state index is 12.9. The zero-order chi connectivity index (χ0) is 24.6. The Bertz CT molecular complexity index is 1260. The van der Waals surface area contributed by atoms with Gasteiger partial charge in [-0.25, -0.2) is 14.6 Å². The van der Waals surface area contributed by atoms with Crippen LogP contribution in [0.1, 0.15) is 63.0 Å². The summed E-state index contributed by atoms with van der Waals surface area (Å²) in [6.07, 6.45) is 4.65. The second-order valence-corrected chi connectivity index (χ2v) is 11.2. The summed E-state index contributed by atoms with van der Waals surface area (Å²) in [6, 6.07) is 12.6. The van der Waals surface area contributed by atoms with E-state index in [1.165, 1.54) is 10.1 Å². The molecule has 3 aromatic rings. The third kappa shape index (κ3) is 5.06. The molecule has 0 saturated carbocycles. The van der Waals surface area contributed by atoms with Gasteiger partial charge in [0.1, 0.15) is 11.6 Å². The molecule has 186 valence electrons. The molecule has 0 spiro atoms. The number of nitrogen functional groups attached to an aromatic ring is 1. The summed E-state index contributed by atoms with van der Waals surface area (Å²) in [4.78, 5) is 27.6. The molecule has 1 unspecified atom stereocenters. The lowest BCUT2D eigenvalue weighted by Gasteiger charge is -2.35. The molecule has 2 N–H and O–H groups in total. The summed E-state index contributed by atoms with van der Waals surface area (Å²) >= 11 is 0. The molecule has 2 aliphatic rings. The Morgan fingerprint density at radius 1 is 1.03 bits per heavy atom. The van der Waals surface area contributed by atoms with Gasteiger partial charge in [0.05, 0.1) is 11.2 Å². The maximum atomic E-state index is 12.9. The highest BCUT2D eigenvalue weighted by Gasteiger charge is 2.33. The van der Waals surface area contributed by atoms with Crippen LogP contribution in [0.25, 0.3) is 10.9 Å². The first-order valence-electron chi connectivity index (χ1n) is 13.0. The Hall–Kier alpha value is -2.93. The average molecular weight is 475 g/mol. The monoisotopic (exact) mass is 474 g/mol. The van der Waals surface area contributed by atoms with Crippen LogP contribution in [0.3, 0.4) is 0 Å². The number of rotatable bonds is 6. The number of unbranched alkanes of at least 4 members (excludes halogenated alkanes) is 1. The van der Waals surface area contributed by atoms with Crippen molar-refractivity contribution in [2.75, 3.05) is 43.5 Å². The van der Waals surface area contributed by atoms with Crippen LogP contribution < -0.4 is 16.3 Å². The van der Waals surface area contributed by atoms with E-state index >= 15 is 0 Å². The van der Waals surface area contributed by atoms with Crippen LogP contribution in [-0.2, 0) is 12.8 Å². The number of hydrogen-bond acceptors (Lipinski definition) is 6. The van der Waals surface area contributed by atoms with Gasteiger partial charge in [0, 0.05) is 43.5 Å². The highest BCUT2D eigenvalue weighted by Crippen LogP contribution is 2.39. The quantitative estimate of drug-likeness (QED) is 0.433. The van der Waals surface area contributed by atoms with E-state index in [0.29, 0.717) is 0 Å². The summed E-state index contributed by atoms with van der Waals surface area (Å²) in [5.41, 5.74) is 2.98. The fourth-order valence-electron chi connectivity index (χ4n) is 5.95. The summed E-state index contributed by atoms with van der Waals surface area (Å²) < 4.78 is 1.31. The van der Waals surface area contributed by atoms with Crippen molar-refractivity contribution in [2.45, 2.75) is 58.8 Å². The Morgan fingerprint density at radius 3 is 2.60 bits per heavy atom. The number of aromatic nitrogens is 3. The summed E-state index contributed by atoms with van der Waals surface area (Å²) in [7, 11) is 0. The molecule has 1 saturated heterocycles. The summed E-state index contributed by atoms with van der Waals surface area (Å²) in [6.45, 7) is 11.8. The molecule has 1 aromatic carbocycles. The van der Waals surface area contributed by atoms with Crippen molar-refractivity contribution in [1.29, 1.82) is 0 Å². The molecule has 3 heterocycles. The lowest BCUT2D eigenvalue weighted by Crippen LogP contribution is -2.47. The minimum absolute atomic E-state index is 0.0496. The van der Waals surface area contributed by atoms with Gasteiger partial charge in [0.2, 0.25) is 0 Å². The van der Waals surface area contributed by atoms with E-state index in [2.05, 4.69) is 60.9 Å². The molecule has 0 bridgehead atoms. The molecule has 2 aromatic heterocycles. The van der Waals surface area contributed by atoms with Gasteiger partial charge in [-0.3, -0.25) is 9.69 Å². The number of hydrogen-bond donors (Lipinski definition) is 1. The molecule has 7 heteroatoms. The van der Waals surface area contributed by atoms with Crippen LogP contribution >= 0.6 is 0 Å². The number of fused-ring (bicyclic) bond motifs is 2. The maximum Gasteiger partial charge on any atom is 0.275 e. The van der Waals surface area contributed by atoms with Crippen molar-refractivity contribution in [3.63, 3.8) is 0 Å². The first kappa shape index (κ1) is 23.8. The first-order chi connectivity index (χ1) is 16.8. The van der Waals surface area contributed by atoms with Crippen LogP contribution in [0.15, 0.2) is 41.2 Å². The predicted octanol–water partition coefficient (Wildman–Crippen LogP) is 3.73. The second-order valence-electron chi connectivity index (χ2n) is 11.2. The molecule has 5 rings (SSSR count). The summed E-state index contributed by atoms with van der Waals surface area (Å²) in [5.74, 6) is 8.19. The van der Waals surface area contributed by atoms with Gasteiger partial charge in [-0.05, 0) is 61.8 Å². The van der Waals surface area contributed by atoms with Crippen molar-refractivity contribution >= 4 is 16.7 Å². The molecule has 1 atom stereocenters. The fourth-order valence-corrected chi connectivity index (χ4v) is 5.95. The molecule has 7 nitrogen and oxygen atoms in total. The van der Waals surface area contributed by atoms with Gasteiger partial charge in [0.15, 0.2) is 0 Å². The van der Waals surface area contributed by atoms with E-state index in [-0.39, 0.29) is 16.9 Å². The zero-order valence-electron chi connectivity index (χ0n) is 21.3. The third-order valence-corrected chi connectivity index (χ3v) is 7.70. The first-order valence-corrected chi connectivity index (χ1v) is 13.0. The SMILES string of the molecule is CC1CC(C)(C)Cc2nc(CCCCN3CCN(c4ccc5ccccc5n4)CC3)n(N)c(=O)c21. The van der Waals surface area contributed by atoms with E-state index in [4.69, 9.17) is 15.8 Å². The highest BCUT2D eigenvalue weighted by atomic mass is 16.1. The largest absolute Gasteiger partial charge is 0.354 e. The van der Waals surface area contributed by atoms with Crippen LogP contribution in [0.2, 0.25) is 0 Å². The van der Waals surface area contributed by atoms with Crippen LogP contribution in [0.5, 0.6) is 0 Å². The van der Waals surface area contributed by atoms with Crippen molar-refractivity contribution in [1.82, 2.24) is 19.5 Å². The van der Waals surface area contributed by atoms with Crippen LogP contribution in [-0.4, -0.2) is 52.3 Å². The zero-order valence-corrected chi connectivity index (χ0v) is 21.3. The van der Waals surface area contributed by atoms with E-state index in [1.807, 2.05) is 6.07 Å². The Balaban J connectivity index is 1.13. The lowest BCUT2D eigenvalue weighted by molar-refractivity contribution is 0.252. The Labute approximate surface area is 207 Å². The average Bonchev–Trinajstić information content (AvgIpc) is 2.83. The van der Waals surface area contributed by atoms with E-state index in [0.717, 1.165) is 93.2 Å². The van der Waals surface area contributed by atoms with E-state index in [1.54, 1.807) is 0 Å². The summed E-state index contributed by atoms with van der Waals surface area (Å²) in [5, 5.41) is 1.18. The van der Waals surface area contributed by atoms with Crippen molar-refractivity contribution in [3.8, 4) is 0 Å². The van der Waals surface area contributed by atoms with Gasteiger partial charge < -0.3 is 10.7 Å². The number of nitrogens with zero attached hydrogens (tertiary/aromatic N) is 5. The lowest BCUT2D eigenvalue weighted by atomic mass is 9.72. The minimum atomic E-state index is -0.0496.